The topological polar surface area (TPSA) is 96.7 Å². The largest absolute Gasteiger partial charge is 0.354 e. The van der Waals surface area contributed by atoms with Crippen LogP contribution in [0.5, 0.6) is 0 Å². The van der Waals surface area contributed by atoms with E-state index >= 15 is 0 Å². The summed E-state index contributed by atoms with van der Waals surface area (Å²) in [5, 5.41) is 10.5. The summed E-state index contributed by atoms with van der Waals surface area (Å²) in [5.74, 6) is 0.00939. The molecule has 0 saturated carbocycles. The van der Waals surface area contributed by atoms with E-state index in [1.165, 1.54) is 0 Å². The van der Waals surface area contributed by atoms with Crippen molar-refractivity contribution in [3.63, 3.8) is 0 Å². The lowest BCUT2D eigenvalue weighted by Gasteiger charge is -2.17. The van der Waals surface area contributed by atoms with Crippen LogP contribution in [-0.4, -0.2) is 44.9 Å². The summed E-state index contributed by atoms with van der Waals surface area (Å²) in [6.45, 7) is 2.27. The van der Waals surface area contributed by atoms with E-state index in [1.807, 2.05) is 43.7 Å². The predicted molar refractivity (Wildman–Crippen MR) is 105 cm³/mol. The number of carbonyl (C=O) groups excluding carboxylic acids is 1. The van der Waals surface area contributed by atoms with Crippen molar-refractivity contribution in [3.05, 3.63) is 52.7 Å². The number of rotatable bonds is 5. The number of para-hydroxylation sites is 2. The number of aryl methyl sites for hydroxylation is 1. The molecule has 8 nitrogen and oxygen atoms in total. The molecule has 0 radical (unpaired) electrons. The Morgan fingerprint density at radius 1 is 1.33 bits per heavy atom. The molecule has 0 bridgehead atoms. The molecule has 144 valence electrons. The number of imidazole rings is 1. The molecule has 0 aliphatic carbocycles. The number of halogens is 1. The van der Waals surface area contributed by atoms with E-state index in [0.717, 1.165) is 23.1 Å². The summed E-state index contributed by atoms with van der Waals surface area (Å²) >= 11 is 0. The zero-order valence-corrected chi connectivity index (χ0v) is 15.8. The van der Waals surface area contributed by atoms with Crippen molar-refractivity contribution in [3.8, 4) is 0 Å². The van der Waals surface area contributed by atoms with Crippen LogP contribution in [0.4, 0.5) is 0 Å². The predicted octanol–water partition coefficient (Wildman–Crippen LogP) is 0.604. The highest BCUT2D eigenvalue weighted by molar-refractivity contribution is 5.85. The van der Waals surface area contributed by atoms with Gasteiger partial charge in [0.05, 0.1) is 23.1 Å². The number of H-pyrrole nitrogens is 1. The molecule has 1 fully saturated rings. The van der Waals surface area contributed by atoms with Gasteiger partial charge in [-0.25, -0.2) is 4.79 Å². The first-order chi connectivity index (χ1) is 12.6. The minimum Gasteiger partial charge on any atom is -0.354 e. The van der Waals surface area contributed by atoms with E-state index < -0.39 is 0 Å². The molecule has 1 saturated heterocycles. The molecule has 9 heteroatoms. The molecule has 1 aromatic carbocycles. The summed E-state index contributed by atoms with van der Waals surface area (Å²) in [6.07, 6.45) is 3.78. The molecule has 3 heterocycles. The van der Waals surface area contributed by atoms with E-state index in [2.05, 4.69) is 20.7 Å². The summed E-state index contributed by atoms with van der Waals surface area (Å²) in [7, 11) is 1.87. The molecular formula is C18H23ClN6O2. The van der Waals surface area contributed by atoms with Gasteiger partial charge < -0.3 is 15.6 Å². The third-order valence-electron chi connectivity index (χ3n) is 5.02. The van der Waals surface area contributed by atoms with Gasteiger partial charge in [0, 0.05) is 45.3 Å². The smallest absolute Gasteiger partial charge is 0.326 e. The Kier molecular flexibility index (Phi) is 5.67. The third-order valence-corrected chi connectivity index (χ3v) is 5.02. The van der Waals surface area contributed by atoms with Crippen molar-refractivity contribution in [2.45, 2.75) is 12.5 Å². The van der Waals surface area contributed by atoms with Gasteiger partial charge in [-0.2, -0.15) is 5.10 Å². The van der Waals surface area contributed by atoms with Crippen LogP contribution in [0.2, 0.25) is 0 Å². The van der Waals surface area contributed by atoms with Crippen molar-refractivity contribution >= 4 is 29.3 Å². The first kappa shape index (κ1) is 19.2. The minimum atomic E-state index is -0.156. The number of hydrogen-bond acceptors (Lipinski definition) is 4. The van der Waals surface area contributed by atoms with E-state index in [1.54, 1.807) is 9.25 Å². The van der Waals surface area contributed by atoms with Crippen molar-refractivity contribution < 1.29 is 4.79 Å². The molecule has 3 N–H and O–H groups in total. The van der Waals surface area contributed by atoms with Crippen LogP contribution >= 0.6 is 12.4 Å². The van der Waals surface area contributed by atoms with Crippen molar-refractivity contribution in [2.75, 3.05) is 19.6 Å². The van der Waals surface area contributed by atoms with Gasteiger partial charge in [0.15, 0.2) is 0 Å². The highest BCUT2D eigenvalue weighted by Crippen LogP contribution is 2.27. The SMILES string of the molecule is Cl.Cn1cc([C@H]2CNC[C@@H]2C(=O)NCCn2c(=O)[nH]c3ccccc32)cn1. The van der Waals surface area contributed by atoms with Crippen LogP contribution in [0, 0.1) is 5.92 Å². The van der Waals surface area contributed by atoms with Crippen molar-refractivity contribution in [1.29, 1.82) is 0 Å². The summed E-state index contributed by atoms with van der Waals surface area (Å²) in [6, 6.07) is 7.55. The number of aromatic amines is 1. The fourth-order valence-corrected chi connectivity index (χ4v) is 3.69. The van der Waals surface area contributed by atoms with E-state index in [9.17, 15) is 9.59 Å². The summed E-state index contributed by atoms with van der Waals surface area (Å²) in [5.41, 5.74) is 2.57. The average molecular weight is 391 g/mol. The maximum Gasteiger partial charge on any atom is 0.326 e. The Bertz CT molecular complexity index is 991. The van der Waals surface area contributed by atoms with Gasteiger partial charge in [-0.1, -0.05) is 12.1 Å². The summed E-state index contributed by atoms with van der Waals surface area (Å²) in [4.78, 5) is 27.6. The fourth-order valence-electron chi connectivity index (χ4n) is 3.69. The lowest BCUT2D eigenvalue weighted by Crippen LogP contribution is -2.37. The number of fused-ring (bicyclic) bond motifs is 1. The van der Waals surface area contributed by atoms with Gasteiger partial charge >= 0.3 is 5.69 Å². The highest BCUT2D eigenvalue weighted by Gasteiger charge is 2.34. The lowest BCUT2D eigenvalue weighted by molar-refractivity contribution is -0.124. The number of benzene rings is 1. The van der Waals surface area contributed by atoms with Gasteiger partial charge in [0.2, 0.25) is 5.91 Å². The first-order valence-corrected chi connectivity index (χ1v) is 8.78. The minimum absolute atomic E-state index is 0. The maximum absolute atomic E-state index is 12.6. The number of nitrogens with one attached hydrogen (secondary N) is 3. The number of carbonyl (C=O) groups is 1. The number of aromatic nitrogens is 4. The Balaban J connectivity index is 0.00000210. The Morgan fingerprint density at radius 2 is 2.15 bits per heavy atom. The van der Waals surface area contributed by atoms with Gasteiger partial charge in [0.1, 0.15) is 0 Å². The van der Waals surface area contributed by atoms with Crippen molar-refractivity contribution in [2.24, 2.45) is 13.0 Å². The zero-order chi connectivity index (χ0) is 18.1. The van der Waals surface area contributed by atoms with Crippen molar-refractivity contribution in [1.82, 2.24) is 30.0 Å². The zero-order valence-electron chi connectivity index (χ0n) is 15.0. The van der Waals surface area contributed by atoms with Crippen LogP contribution in [0.1, 0.15) is 11.5 Å². The van der Waals surface area contributed by atoms with Gasteiger partial charge in [-0.3, -0.25) is 14.0 Å². The second-order valence-corrected chi connectivity index (χ2v) is 6.71. The number of amides is 1. The third kappa shape index (κ3) is 3.77. The van der Waals surface area contributed by atoms with E-state index in [-0.39, 0.29) is 35.8 Å². The quantitative estimate of drug-likeness (QED) is 0.594. The molecule has 3 aromatic rings. The van der Waals surface area contributed by atoms with Gasteiger partial charge in [-0.05, 0) is 17.7 Å². The average Bonchev–Trinajstić information content (AvgIpc) is 3.33. The second kappa shape index (κ2) is 7.98. The Morgan fingerprint density at radius 3 is 2.93 bits per heavy atom. The molecule has 1 amide bonds. The molecule has 2 atom stereocenters. The van der Waals surface area contributed by atoms with Crippen LogP contribution in [0.3, 0.4) is 0 Å². The Labute approximate surface area is 162 Å². The molecule has 2 aromatic heterocycles. The normalized spacial score (nSPS) is 19.1. The highest BCUT2D eigenvalue weighted by atomic mass is 35.5. The van der Waals surface area contributed by atoms with Gasteiger partial charge in [0.25, 0.3) is 0 Å². The molecule has 4 rings (SSSR count). The summed E-state index contributed by atoms with van der Waals surface area (Å²) < 4.78 is 3.41. The molecule has 27 heavy (non-hydrogen) atoms. The Hall–Kier alpha value is -2.58. The second-order valence-electron chi connectivity index (χ2n) is 6.71. The van der Waals surface area contributed by atoms with E-state index in [4.69, 9.17) is 0 Å². The fraction of sp³-hybridized carbons (Fsp3) is 0.389. The molecule has 0 unspecified atom stereocenters. The van der Waals surface area contributed by atoms with Crippen LogP contribution < -0.4 is 16.3 Å². The first-order valence-electron chi connectivity index (χ1n) is 8.78. The number of nitrogens with zero attached hydrogens (tertiary/aromatic N) is 3. The number of hydrogen-bond donors (Lipinski definition) is 3. The van der Waals surface area contributed by atoms with Crippen LogP contribution in [0.25, 0.3) is 11.0 Å². The lowest BCUT2D eigenvalue weighted by atomic mass is 9.90. The van der Waals surface area contributed by atoms with E-state index in [0.29, 0.717) is 19.6 Å². The van der Waals surface area contributed by atoms with Gasteiger partial charge in [-0.15, -0.1) is 12.4 Å². The molecule has 1 aliphatic heterocycles. The monoisotopic (exact) mass is 390 g/mol. The molecule has 1 aliphatic rings. The molecular weight excluding hydrogens is 368 g/mol. The van der Waals surface area contributed by atoms with Crippen LogP contribution in [0.15, 0.2) is 41.5 Å². The maximum atomic E-state index is 12.6. The van der Waals surface area contributed by atoms with Crippen LogP contribution in [-0.2, 0) is 18.4 Å². The standard InChI is InChI=1S/C18H22N6O2.ClH/c1-23-11-12(8-21-23)13-9-19-10-14(13)17(25)20-6-7-24-16-5-3-2-4-15(16)22-18(24)26;/h2-5,8,11,13-14,19H,6-7,9-10H2,1H3,(H,20,25)(H,22,26);1H/t13-,14+;/m1./s1. The molecule has 0 spiro atoms.